The van der Waals surface area contributed by atoms with Crippen molar-refractivity contribution in [3.63, 3.8) is 0 Å². The summed E-state index contributed by atoms with van der Waals surface area (Å²) in [6, 6.07) is 0. The van der Waals surface area contributed by atoms with Crippen LogP contribution in [0.5, 0.6) is 0 Å². The van der Waals surface area contributed by atoms with Crippen LogP contribution >= 0.6 is 18.5 Å². The maximum atomic E-state index is 3.07. The van der Waals surface area contributed by atoms with E-state index in [9.17, 15) is 0 Å². The van der Waals surface area contributed by atoms with Crippen LogP contribution in [-0.2, 0) is 16.5 Å². The van der Waals surface area contributed by atoms with Crippen LogP contribution in [0.2, 0.25) is 0 Å². The van der Waals surface area contributed by atoms with Crippen LogP contribution in [0.15, 0.2) is 24.3 Å². The topological polar surface area (TPSA) is 0 Å². The molecular weight excluding hydrogens is 504 g/mol. The summed E-state index contributed by atoms with van der Waals surface area (Å²) in [7, 11) is 6.14. The molecule has 0 aromatic carbocycles. The molecule has 0 amide bonds. The molecule has 31 heavy (non-hydrogen) atoms. The van der Waals surface area contributed by atoms with Gasteiger partial charge in [-0.3, -0.25) is 0 Å². The predicted octanol–water partition coefficient (Wildman–Crippen LogP) is 3.32. The largest absolute Gasteiger partial charge is 2.00 e. The van der Waals surface area contributed by atoms with Gasteiger partial charge in [-0.15, -0.1) is 18.5 Å². The van der Waals surface area contributed by atoms with E-state index in [0.717, 1.165) is 12.8 Å². The van der Waals surface area contributed by atoms with Crippen LogP contribution in [-0.4, -0.2) is 10.3 Å². The smallest absolute Gasteiger partial charge is 1.00 e. The van der Waals surface area contributed by atoms with E-state index in [0.29, 0.717) is 0 Å². The normalized spacial score (nSPS) is 13.7. The Morgan fingerprint density at radius 2 is 0.645 bits per heavy atom. The van der Waals surface area contributed by atoms with Crippen molar-refractivity contribution in [2.75, 3.05) is 0 Å². The molecular formula is C26H54Cl2NiP2. The molecule has 0 spiro atoms. The van der Waals surface area contributed by atoms with E-state index < -0.39 is 0 Å². The Labute approximate surface area is 225 Å². The molecule has 0 rings (SSSR count). The van der Waals surface area contributed by atoms with E-state index in [1.54, 1.807) is 0 Å². The zero-order chi connectivity index (χ0) is 23.2. The average Bonchev–Trinajstić information content (AvgIpc) is 2.46. The Kier molecular flexibility index (Phi) is 21.2. The molecule has 0 fully saturated rings. The summed E-state index contributed by atoms with van der Waals surface area (Å²) in [5.41, 5.74) is 1.06. The summed E-state index contributed by atoms with van der Waals surface area (Å²) in [6.45, 7) is 32.1. The molecule has 0 nitrogen and oxygen atoms in total. The second-order valence-electron chi connectivity index (χ2n) is 12.4. The first kappa shape index (κ1) is 42.6. The molecule has 0 heterocycles. The van der Waals surface area contributed by atoms with Gasteiger partial charge >= 0.3 is 16.5 Å². The van der Waals surface area contributed by atoms with E-state index in [1.165, 1.54) is 0 Å². The van der Waals surface area contributed by atoms with Crippen LogP contribution in [0.25, 0.3) is 0 Å². The summed E-state index contributed by atoms with van der Waals surface area (Å²) >= 11 is 0. The van der Waals surface area contributed by atoms with Gasteiger partial charge in [0.2, 0.25) is 0 Å². The first-order chi connectivity index (χ1) is 12.1. The second kappa shape index (κ2) is 15.4. The van der Waals surface area contributed by atoms with Gasteiger partial charge < -0.3 is 24.8 Å². The fourth-order valence-corrected chi connectivity index (χ4v) is 4.13. The van der Waals surface area contributed by atoms with Crippen molar-refractivity contribution in [2.45, 2.75) is 120 Å². The summed E-state index contributed by atoms with van der Waals surface area (Å²) in [5, 5.41) is 0.325. The van der Waals surface area contributed by atoms with Gasteiger partial charge in [0, 0.05) is 10.3 Å². The van der Waals surface area contributed by atoms with Gasteiger partial charge in [-0.1, -0.05) is 121 Å². The third kappa shape index (κ3) is 12.1. The minimum absolute atomic E-state index is 0. The number of hydrogen-bond donors (Lipinski definition) is 0. The Bertz CT molecular complexity index is 437. The average molecular weight is 558 g/mol. The van der Waals surface area contributed by atoms with E-state index in [-0.39, 0.29) is 73.3 Å². The third-order valence-corrected chi connectivity index (χ3v) is 10.0. The molecule has 2 atom stereocenters. The standard InChI is InChI=1S/2C13H27P.2ClH.Ni/c2*1-8-9-10-13(14,11(2,3)4)12(5,6)7;;;/h2*9-10H,8,14H2,1-7H3;2*1H;/q;;;;+2/p-2. The number of allylic oxidation sites excluding steroid dienone is 4. The number of halogens is 2. The molecule has 0 radical (unpaired) electrons. The molecule has 0 aliphatic rings. The van der Waals surface area contributed by atoms with E-state index in [4.69, 9.17) is 0 Å². The van der Waals surface area contributed by atoms with Gasteiger partial charge in [0.15, 0.2) is 0 Å². The first-order valence-electron chi connectivity index (χ1n) is 11.1. The van der Waals surface area contributed by atoms with Crippen LogP contribution in [0.3, 0.4) is 0 Å². The molecule has 2 unspecified atom stereocenters. The molecule has 0 aliphatic carbocycles. The van der Waals surface area contributed by atoms with Gasteiger partial charge in [-0.2, -0.15) is 0 Å². The van der Waals surface area contributed by atoms with E-state index >= 15 is 0 Å². The fourth-order valence-electron chi connectivity index (χ4n) is 3.86. The molecule has 0 saturated carbocycles. The quantitative estimate of drug-likeness (QED) is 0.283. The summed E-state index contributed by atoms with van der Waals surface area (Å²) in [6.07, 6.45) is 11.5. The first-order valence-corrected chi connectivity index (χ1v) is 12.2. The van der Waals surface area contributed by atoms with Crippen molar-refractivity contribution in [1.29, 1.82) is 0 Å². The molecule has 192 valence electrons. The Morgan fingerprint density at radius 3 is 0.742 bits per heavy atom. The monoisotopic (exact) mass is 556 g/mol. The molecule has 0 saturated heterocycles. The van der Waals surface area contributed by atoms with Crippen molar-refractivity contribution >= 4 is 18.5 Å². The summed E-state index contributed by atoms with van der Waals surface area (Å²) < 4.78 is 0. The number of rotatable bonds is 4. The van der Waals surface area contributed by atoms with Crippen molar-refractivity contribution < 1.29 is 41.3 Å². The molecule has 0 aliphatic heterocycles. The Balaban J connectivity index is -0.000000133. The van der Waals surface area contributed by atoms with E-state index in [1.807, 2.05) is 0 Å². The molecule has 0 aromatic heterocycles. The van der Waals surface area contributed by atoms with Gasteiger partial charge in [0.1, 0.15) is 0 Å². The van der Waals surface area contributed by atoms with Crippen molar-refractivity contribution in [1.82, 2.24) is 0 Å². The van der Waals surface area contributed by atoms with Crippen LogP contribution in [0.1, 0.15) is 110 Å². The minimum Gasteiger partial charge on any atom is -1.00 e. The van der Waals surface area contributed by atoms with Gasteiger partial charge in [0.05, 0.1) is 0 Å². The van der Waals surface area contributed by atoms with Crippen LogP contribution in [0, 0.1) is 21.7 Å². The zero-order valence-corrected chi connectivity index (χ0v) is 27.8. The van der Waals surface area contributed by atoms with Crippen LogP contribution < -0.4 is 24.8 Å². The predicted molar refractivity (Wildman–Crippen MR) is 142 cm³/mol. The second-order valence-corrected chi connectivity index (χ2v) is 14.2. The summed E-state index contributed by atoms with van der Waals surface area (Å²) in [5.74, 6) is 0. The van der Waals surface area contributed by atoms with Crippen molar-refractivity contribution in [2.24, 2.45) is 21.7 Å². The third-order valence-electron chi connectivity index (χ3n) is 6.20. The van der Waals surface area contributed by atoms with Gasteiger partial charge in [-0.05, 0) is 34.5 Å². The fraction of sp³-hybridized carbons (Fsp3) is 0.846. The Hall–Kier alpha value is 1.41. The van der Waals surface area contributed by atoms with E-state index in [2.05, 4.69) is 140 Å². The number of hydrogen-bond acceptors (Lipinski definition) is 0. The minimum atomic E-state index is 0. The van der Waals surface area contributed by atoms with Crippen molar-refractivity contribution in [3.05, 3.63) is 24.3 Å². The molecule has 5 heteroatoms. The maximum absolute atomic E-state index is 3.07. The summed E-state index contributed by atoms with van der Waals surface area (Å²) in [4.78, 5) is 0. The SMILES string of the molecule is CCC=CC(P)(C(C)(C)C)C(C)(C)C.CCC=CC(P)(C(C)(C)C)C(C)(C)C.[Cl-].[Cl-].[Ni+2]. The molecule has 0 N–H and O–H groups in total. The Morgan fingerprint density at radius 1 is 0.484 bits per heavy atom. The van der Waals surface area contributed by atoms with Gasteiger partial charge in [-0.25, -0.2) is 0 Å². The van der Waals surface area contributed by atoms with Crippen molar-refractivity contribution in [3.8, 4) is 0 Å². The van der Waals surface area contributed by atoms with Gasteiger partial charge in [0.25, 0.3) is 0 Å². The zero-order valence-electron chi connectivity index (χ0n) is 23.0. The molecule has 0 aromatic rings. The van der Waals surface area contributed by atoms with Crippen LogP contribution in [0.4, 0.5) is 0 Å². The maximum Gasteiger partial charge on any atom is 2.00 e. The molecule has 0 bridgehead atoms.